The van der Waals surface area contributed by atoms with E-state index in [1.54, 1.807) is 11.2 Å². The number of nitrogens with two attached hydrogens (primary N) is 1. The summed E-state index contributed by atoms with van der Waals surface area (Å²) >= 11 is 0. The first-order valence-corrected chi connectivity index (χ1v) is 12.0. The van der Waals surface area contributed by atoms with Gasteiger partial charge in [-0.3, -0.25) is 9.80 Å². The predicted molar refractivity (Wildman–Crippen MR) is 131 cm³/mol. The highest BCUT2D eigenvalue weighted by Gasteiger charge is 2.20. The van der Waals surface area contributed by atoms with Crippen molar-refractivity contribution in [3.63, 3.8) is 0 Å². The van der Waals surface area contributed by atoms with Gasteiger partial charge in [-0.1, -0.05) is 18.2 Å². The summed E-state index contributed by atoms with van der Waals surface area (Å²) in [4.78, 5) is 18.7. The van der Waals surface area contributed by atoms with Crippen LogP contribution in [0.3, 0.4) is 0 Å². The van der Waals surface area contributed by atoms with Gasteiger partial charge in [-0.15, -0.1) is 0 Å². The van der Waals surface area contributed by atoms with E-state index in [1.165, 1.54) is 11.3 Å². The molecule has 7 heteroatoms. The Morgan fingerprint density at radius 1 is 1.06 bits per heavy atom. The number of carbonyl (C=O) groups excluding carboxylic acids is 1. The van der Waals surface area contributed by atoms with Gasteiger partial charge in [-0.2, -0.15) is 0 Å². The molecule has 0 saturated carbocycles. The number of rotatable bonds is 7. The average molecular weight is 449 g/mol. The summed E-state index contributed by atoms with van der Waals surface area (Å²) in [5.74, 6) is 1.06. The highest BCUT2D eigenvalue weighted by Crippen LogP contribution is 2.31. The molecule has 2 aromatic carbocycles. The highest BCUT2D eigenvalue weighted by molar-refractivity contribution is 6.01. The van der Waals surface area contributed by atoms with Crippen molar-refractivity contribution in [3.8, 4) is 5.75 Å². The first-order chi connectivity index (χ1) is 16.2. The lowest BCUT2D eigenvalue weighted by Gasteiger charge is -2.36. The molecule has 3 heterocycles. The number of carbonyl (C=O) groups is 1. The Morgan fingerprint density at radius 2 is 1.91 bits per heavy atom. The second kappa shape index (κ2) is 9.75. The number of furan rings is 1. The fourth-order valence-corrected chi connectivity index (χ4v) is 4.88. The summed E-state index contributed by atoms with van der Waals surface area (Å²) in [5, 5.41) is 0.917. The van der Waals surface area contributed by atoms with Crippen molar-refractivity contribution in [1.82, 2.24) is 4.90 Å². The Bertz CT molecular complexity index is 1100. The zero-order valence-corrected chi connectivity index (χ0v) is 19.0. The lowest BCUT2D eigenvalue weighted by molar-refractivity contribution is 0.249. The van der Waals surface area contributed by atoms with Crippen LogP contribution >= 0.6 is 0 Å². The molecule has 1 aromatic heterocycles. The number of benzene rings is 2. The number of hydrogen-bond acceptors (Lipinski definition) is 5. The molecule has 2 aliphatic rings. The molecule has 2 amide bonds. The molecule has 0 atom stereocenters. The Morgan fingerprint density at radius 3 is 2.76 bits per heavy atom. The summed E-state index contributed by atoms with van der Waals surface area (Å²) in [6, 6.07) is 13.9. The number of para-hydroxylation sites is 1. The summed E-state index contributed by atoms with van der Waals surface area (Å²) < 4.78 is 11.4. The van der Waals surface area contributed by atoms with Crippen molar-refractivity contribution in [3.05, 3.63) is 54.3 Å². The Balaban J connectivity index is 1.09. The zero-order valence-electron chi connectivity index (χ0n) is 19.0. The van der Waals surface area contributed by atoms with Crippen LogP contribution < -0.4 is 20.3 Å². The summed E-state index contributed by atoms with van der Waals surface area (Å²) in [5.41, 5.74) is 9.79. The van der Waals surface area contributed by atoms with E-state index in [-0.39, 0.29) is 0 Å². The van der Waals surface area contributed by atoms with E-state index in [4.69, 9.17) is 14.9 Å². The van der Waals surface area contributed by atoms with Crippen LogP contribution in [-0.4, -0.2) is 56.8 Å². The van der Waals surface area contributed by atoms with Crippen LogP contribution in [0.1, 0.15) is 24.8 Å². The van der Waals surface area contributed by atoms with E-state index in [0.29, 0.717) is 6.54 Å². The lowest BCUT2D eigenvalue weighted by Crippen LogP contribution is -2.46. The van der Waals surface area contributed by atoms with Crippen molar-refractivity contribution in [2.45, 2.75) is 25.7 Å². The summed E-state index contributed by atoms with van der Waals surface area (Å²) in [7, 11) is 0. The molecule has 2 aliphatic heterocycles. The first kappa shape index (κ1) is 21.6. The first-order valence-electron chi connectivity index (χ1n) is 12.0. The number of aryl methyl sites for hydroxylation is 1. The molecule has 3 aromatic rings. The molecule has 5 rings (SSSR count). The number of ether oxygens (including phenoxy) is 1. The third-order valence-corrected chi connectivity index (χ3v) is 6.76. The Labute approximate surface area is 194 Å². The Hall–Kier alpha value is -3.19. The number of piperazine rings is 1. The van der Waals surface area contributed by atoms with Gasteiger partial charge in [0.25, 0.3) is 0 Å². The molecule has 33 heavy (non-hydrogen) atoms. The number of unbranched alkanes of at least 4 members (excludes halogenated alkanes) is 1. The molecule has 1 saturated heterocycles. The number of amides is 2. The maximum Gasteiger partial charge on any atom is 0.319 e. The van der Waals surface area contributed by atoms with Gasteiger partial charge in [0.05, 0.1) is 12.3 Å². The monoisotopic (exact) mass is 448 g/mol. The smallest absolute Gasteiger partial charge is 0.319 e. The molecule has 0 radical (unpaired) electrons. The van der Waals surface area contributed by atoms with E-state index in [9.17, 15) is 4.79 Å². The molecule has 0 unspecified atom stereocenters. The fourth-order valence-electron chi connectivity index (χ4n) is 4.88. The van der Waals surface area contributed by atoms with E-state index in [0.717, 1.165) is 87.4 Å². The third-order valence-electron chi connectivity index (χ3n) is 6.76. The second-order valence-electron chi connectivity index (χ2n) is 8.89. The molecule has 0 aliphatic carbocycles. The molecule has 0 bridgehead atoms. The van der Waals surface area contributed by atoms with Gasteiger partial charge in [0.15, 0.2) is 0 Å². The van der Waals surface area contributed by atoms with Gasteiger partial charge in [-0.25, -0.2) is 4.79 Å². The molecule has 7 nitrogen and oxygen atoms in total. The van der Waals surface area contributed by atoms with Crippen molar-refractivity contribution >= 4 is 28.4 Å². The van der Waals surface area contributed by atoms with Gasteiger partial charge >= 0.3 is 6.03 Å². The van der Waals surface area contributed by atoms with Crippen LogP contribution in [-0.2, 0) is 6.42 Å². The minimum absolute atomic E-state index is 0.441. The molecule has 0 spiro atoms. The van der Waals surface area contributed by atoms with Crippen LogP contribution in [0.4, 0.5) is 16.2 Å². The van der Waals surface area contributed by atoms with Crippen LogP contribution in [0.15, 0.2) is 53.1 Å². The minimum atomic E-state index is -0.441. The van der Waals surface area contributed by atoms with Crippen LogP contribution in [0.2, 0.25) is 0 Å². The second-order valence-corrected chi connectivity index (χ2v) is 8.89. The molecular formula is C26H32N4O3. The number of hydrogen-bond donors (Lipinski definition) is 1. The maximum atomic E-state index is 12.1. The van der Waals surface area contributed by atoms with Gasteiger partial charge in [0, 0.05) is 49.9 Å². The number of urea groups is 1. The number of nitrogens with zero attached hydrogens (tertiary/aromatic N) is 3. The zero-order chi connectivity index (χ0) is 22.6. The molecule has 1 fully saturated rings. The van der Waals surface area contributed by atoms with E-state index in [1.807, 2.05) is 24.3 Å². The van der Waals surface area contributed by atoms with Crippen LogP contribution in [0.25, 0.3) is 11.0 Å². The third kappa shape index (κ3) is 4.78. The quantitative estimate of drug-likeness (QED) is 0.547. The van der Waals surface area contributed by atoms with Crippen molar-refractivity contribution < 1.29 is 13.9 Å². The largest absolute Gasteiger partial charge is 0.493 e. The van der Waals surface area contributed by atoms with Gasteiger partial charge in [0.2, 0.25) is 0 Å². The summed E-state index contributed by atoms with van der Waals surface area (Å²) in [6.45, 7) is 6.58. The molecular weight excluding hydrogens is 416 g/mol. The van der Waals surface area contributed by atoms with Crippen molar-refractivity contribution in [2.24, 2.45) is 5.73 Å². The van der Waals surface area contributed by atoms with E-state index in [2.05, 4.69) is 28.0 Å². The van der Waals surface area contributed by atoms with Crippen molar-refractivity contribution in [2.75, 3.05) is 55.7 Å². The lowest BCUT2D eigenvalue weighted by atomic mass is 10.1. The van der Waals surface area contributed by atoms with E-state index >= 15 is 0 Å². The standard InChI is InChI=1S/C26H32N4O3/c27-26(31)30(23-19-33-24-8-2-1-7-22(23)24)12-4-3-11-28-13-15-29(16-14-28)21-10-9-20-6-5-17-32-25(20)18-21/h1-2,7-10,18-19H,3-6,11-17H2,(H2,27,31). The number of primary amides is 1. The molecule has 174 valence electrons. The normalized spacial score (nSPS) is 16.4. The Kier molecular flexibility index (Phi) is 6.39. The fraction of sp³-hybridized carbons (Fsp3) is 0.423. The number of anilines is 2. The van der Waals surface area contributed by atoms with E-state index < -0.39 is 6.03 Å². The van der Waals surface area contributed by atoms with Gasteiger partial charge < -0.3 is 19.8 Å². The predicted octanol–water partition coefficient (Wildman–Crippen LogP) is 4.25. The van der Waals surface area contributed by atoms with Crippen molar-refractivity contribution in [1.29, 1.82) is 0 Å². The van der Waals surface area contributed by atoms with Crippen LogP contribution in [0, 0.1) is 0 Å². The maximum absolute atomic E-state index is 12.1. The SMILES string of the molecule is NC(=O)N(CCCCN1CCN(c2ccc3c(c2)OCCC3)CC1)c1coc2ccccc12. The average Bonchev–Trinajstić information content (AvgIpc) is 3.28. The topological polar surface area (TPSA) is 75.2 Å². The summed E-state index contributed by atoms with van der Waals surface area (Å²) in [6.07, 6.45) is 5.77. The number of fused-ring (bicyclic) bond motifs is 2. The molecule has 2 N–H and O–H groups in total. The van der Waals surface area contributed by atoms with Gasteiger partial charge in [0.1, 0.15) is 17.6 Å². The van der Waals surface area contributed by atoms with Crippen LogP contribution in [0.5, 0.6) is 5.75 Å². The minimum Gasteiger partial charge on any atom is -0.493 e. The highest BCUT2D eigenvalue weighted by atomic mass is 16.5. The van der Waals surface area contributed by atoms with Gasteiger partial charge in [-0.05, 0) is 56.0 Å².